The number of ether oxygens (including phenoxy) is 1. The number of hydrogen-bond donors (Lipinski definition) is 1. The highest BCUT2D eigenvalue weighted by molar-refractivity contribution is 9.10. The van der Waals surface area contributed by atoms with E-state index in [0.29, 0.717) is 22.4 Å². The van der Waals surface area contributed by atoms with Crippen LogP contribution in [0.15, 0.2) is 82.4 Å². The molecule has 1 N–H and O–H groups in total. The van der Waals surface area contributed by atoms with Gasteiger partial charge in [-0.1, -0.05) is 52.3 Å². The quantitative estimate of drug-likeness (QED) is 0.271. The van der Waals surface area contributed by atoms with Crippen LogP contribution in [0.1, 0.15) is 31.8 Å². The average Bonchev–Trinajstić information content (AvgIpc) is 2.70. The zero-order valence-corrected chi connectivity index (χ0v) is 16.6. The first-order valence-corrected chi connectivity index (χ1v) is 9.30. The number of aryl methyl sites for hydroxylation is 1. The highest BCUT2D eigenvalue weighted by Gasteiger charge is 2.11. The monoisotopic (exact) mass is 436 g/mol. The molecule has 0 heterocycles. The molecule has 0 radical (unpaired) electrons. The summed E-state index contributed by atoms with van der Waals surface area (Å²) >= 11 is 3.39. The fraction of sp³-hybridized carbons (Fsp3) is 0.0455. The molecule has 3 aromatic carbocycles. The van der Waals surface area contributed by atoms with Gasteiger partial charge in [0.2, 0.25) is 0 Å². The van der Waals surface area contributed by atoms with Gasteiger partial charge in [-0.2, -0.15) is 5.10 Å². The maximum atomic E-state index is 12.3. The van der Waals surface area contributed by atoms with E-state index < -0.39 is 5.97 Å². The van der Waals surface area contributed by atoms with Gasteiger partial charge < -0.3 is 4.74 Å². The van der Waals surface area contributed by atoms with E-state index >= 15 is 0 Å². The van der Waals surface area contributed by atoms with Crippen LogP contribution in [0, 0.1) is 6.92 Å². The summed E-state index contributed by atoms with van der Waals surface area (Å²) in [6.07, 6.45) is 1.44. The number of nitrogens with zero attached hydrogens (tertiary/aromatic N) is 1. The van der Waals surface area contributed by atoms with Crippen molar-refractivity contribution < 1.29 is 14.3 Å². The lowest BCUT2D eigenvalue weighted by Crippen LogP contribution is -2.18. The molecular weight excluding hydrogens is 420 g/mol. The molecule has 0 aromatic heterocycles. The number of esters is 1. The van der Waals surface area contributed by atoms with Crippen LogP contribution in [-0.4, -0.2) is 18.1 Å². The Bertz CT molecular complexity index is 1030. The van der Waals surface area contributed by atoms with E-state index in [0.717, 1.165) is 10.0 Å². The highest BCUT2D eigenvalue weighted by Crippen LogP contribution is 2.23. The summed E-state index contributed by atoms with van der Waals surface area (Å²) in [5.74, 6) is -0.445. The summed E-state index contributed by atoms with van der Waals surface area (Å²) in [7, 11) is 0. The fourth-order valence-corrected chi connectivity index (χ4v) is 2.87. The van der Waals surface area contributed by atoms with E-state index in [1.807, 2.05) is 25.1 Å². The summed E-state index contributed by atoms with van der Waals surface area (Å²) in [6, 6.07) is 21.1. The van der Waals surface area contributed by atoms with Gasteiger partial charge in [-0.25, -0.2) is 10.2 Å². The van der Waals surface area contributed by atoms with Crippen LogP contribution in [0.3, 0.4) is 0 Å². The molecule has 0 aliphatic carbocycles. The van der Waals surface area contributed by atoms with Crippen molar-refractivity contribution in [3.63, 3.8) is 0 Å². The van der Waals surface area contributed by atoms with E-state index in [9.17, 15) is 9.59 Å². The second-order valence-electron chi connectivity index (χ2n) is 5.95. The molecule has 140 valence electrons. The summed E-state index contributed by atoms with van der Waals surface area (Å²) in [5.41, 5.74) is 4.89. The van der Waals surface area contributed by atoms with E-state index in [-0.39, 0.29) is 5.91 Å². The zero-order chi connectivity index (χ0) is 19.9. The minimum atomic E-state index is -0.471. The SMILES string of the molecule is Cc1ccccc1C(=O)N/N=C/c1cc(Br)ccc1OC(=O)c1ccccc1. The molecule has 0 unspecified atom stereocenters. The van der Waals surface area contributed by atoms with Crippen LogP contribution >= 0.6 is 15.9 Å². The van der Waals surface area contributed by atoms with E-state index in [2.05, 4.69) is 26.5 Å². The first kappa shape index (κ1) is 19.5. The molecule has 3 rings (SSSR count). The molecule has 3 aromatic rings. The number of halogens is 1. The fourth-order valence-electron chi connectivity index (χ4n) is 2.49. The summed E-state index contributed by atoms with van der Waals surface area (Å²) < 4.78 is 6.27. The van der Waals surface area contributed by atoms with Crippen molar-refractivity contribution in [3.8, 4) is 5.75 Å². The molecule has 0 spiro atoms. The Kier molecular flexibility index (Phi) is 6.34. The Balaban J connectivity index is 1.75. The average molecular weight is 437 g/mol. The van der Waals surface area contributed by atoms with Crippen LogP contribution in [0.25, 0.3) is 0 Å². The van der Waals surface area contributed by atoms with Crippen molar-refractivity contribution in [3.05, 3.63) is 99.5 Å². The molecule has 0 fully saturated rings. The molecule has 1 amide bonds. The second kappa shape index (κ2) is 9.10. The van der Waals surface area contributed by atoms with Gasteiger partial charge >= 0.3 is 5.97 Å². The molecule has 0 aliphatic heterocycles. The number of carbonyl (C=O) groups excluding carboxylic acids is 2. The van der Waals surface area contributed by atoms with Crippen molar-refractivity contribution in [2.24, 2.45) is 5.10 Å². The van der Waals surface area contributed by atoms with Gasteiger partial charge in [-0.15, -0.1) is 0 Å². The maximum absolute atomic E-state index is 12.3. The lowest BCUT2D eigenvalue weighted by Gasteiger charge is -2.08. The molecule has 28 heavy (non-hydrogen) atoms. The Hall–Kier alpha value is -3.25. The van der Waals surface area contributed by atoms with Gasteiger partial charge in [-0.3, -0.25) is 4.79 Å². The van der Waals surface area contributed by atoms with E-state index in [1.54, 1.807) is 54.6 Å². The third-order valence-corrected chi connectivity index (χ3v) is 4.44. The number of amides is 1. The Morgan fingerprint density at radius 1 is 1.00 bits per heavy atom. The molecule has 0 atom stereocenters. The number of hydrazone groups is 1. The standard InChI is InChI=1S/C22H17BrN2O3/c1-15-7-5-6-10-19(15)21(26)25-24-14-17-13-18(23)11-12-20(17)28-22(27)16-8-3-2-4-9-16/h2-14H,1H3,(H,25,26)/b24-14+. The van der Waals surface area contributed by atoms with Crippen LogP contribution in [0.4, 0.5) is 0 Å². The predicted molar refractivity (Wildman–Crippen MR) is 112 cm³/mol. The van der Waals surface area contributed by atoms with Gasteiger partial charge in [0, 0.05) is 15.6 Å². The van der Waals surface area contributed by atoms with Gasteiger partial charge in [-0.05, 0) is 48.9 Å². The van der Waals surface area contributed by atoms with Gasteiger partial charge in [0.1, 0.15) is 5.75 Å². The van der Waals surface area contributed by atoms with Gasteiger partial charge in [0.15, 0.2) is 0 Å². The van der Waals surface area contributed by atoms with E-state index in [4.69, 9.17) is 4.74 Å². The Morgan fingerprint density at radius 3 is 2.46 bits per heavy atom. The van der Waals surface area contributed by atoms with Crippen molar-refractivity contribution in [2.75, 3.05) is 0 Å². The molecular formula is C22H17BrN2O3. The van der Waals surface area contributed by atoms with Crippen molar-refractivity contribution >= 4 is 34.0 Å². The maximum Gasteiger partial charge on any atom is 0.343 e. The van der Waals surface area contributed by atoms with Crippen molar-refractivity contribution in [2.45, 2.75) is 6.92 Å². The van der Waals surface area contributed by atoms with Crippen LogP contribution < -0.4 is 10.2 Å². The third kappa shape index (κ3) is 4.92. The smallest absolute Gasteiger partial charge is 0.343 e. The second-order valence-corrected chi connectivity index (χ2v) is 6.87. The lowest BCUT2D eigenvalue weighted by molar-refractivity contribution is 0.0734. The Morgan fingerprint density at radius 2 is 1.71 bits per heavy atom. The number of nitrogens with one attached hydrogen (secondary N) is 1. The largest absolute Gasteiger partial charge is 0.422 e. The molecule has 0 aliphatic rings. The van der Waals surface area contributed by atoms with Gasteiger partial charge in [0.25, 0.3) is 5.91 Å². The van der Waals surface area contributed by atoms with Crippen LogP contribution in [0.2, 0.25) is 0 Å². The zero-order valence-electron chi connectivity index (χ0n) is 15.1. The van der Waals surface area contributed by atoms with E-state index in [1.165, 1.54) is 6.21 Å². The molecule has 0 saturated heterocycles. The molecule has 5 nitrogen and oxygen atoms in total. The topological polar surface area (TPSA) is 67.8 Å². The minimum absolute atomic E-state index is 0.313. The predicted octanol–water partition coefficient (Wildman–Crippen LogP) is 4.74. The van der Waals surface area contributed by atoms with Gasteiger partial charge in [0.05, 0.1) is 11.8 Å². The van der Waals surface area contributed by atoms with Crippen molar-refractivity contribution in [1.82, 2.24) is 5.43 Å². The normalized spacial score (nSPS) is 10.6. The number of rotatable bonds is 5. The molecule has 6 heteroatoms. The van der Waals surface area contributed by atoms with Crippen molar-refractivity contribution in [1.29, 1.82) is 0 Å². The molecule has 0 bridgehead atoms. The first-order chi connectivity index (χ1) is 13.5. The summed E-state index contributed by atoms with van der Waals surface area (Å²) in [5, 5.41) is 4.00. The lowest BCUT2D eigenvalue weighted by atomic mass is 10.1. The third-order valence-electron chi connectivity index (χ3n) is 3.94. The molecule has 0 saturated carbocycles. The van der Waals surface area contributed by atoms with Crippen LogP contribution in [-0.2, 0) is 0 Å². The van der Waals surface area contributed by atoms with Crippen LogP contribution in [0.5, 0.6) is 5.75 Å². The first-order valence-electron chi connectivity index (χ1n) is 8.50. The number of carbonyl (C=O) groups is 2. The minimum Gasteiger partial charge on any atom is -0.422 e. The number of hydrogen-bond acceptors (Lipinski definition) is 4. The number of benzene rings is 3. The summed E-state index contributed by atoms with van der Waals surface area (Å²) in [4.78, 5) is 24.6. The Labute approximate surface area is 171 Å². The summed E-state index contributed by atoms with van der Waals surface area (Å²) in [6.45, 7) is 1.86. The highest BCUT2D eigenvalue weighted by atomic mass is 79.9.